The van der Waals surface area contributed by atoms with Gasteiger partial charge in [-0.1, -0.05) is 19.1 Å². The zero-order valence-electron chi connectivity index (χ0n) is 12.5. The molecule has 1 amide bonds. The Labute approximate surface area is 124 Å². The third kappa shape index (κ3) is 4.13. The minimum Gasteiger partial charge on any atom is -0.421 e. The lowest BCUT2D eigenvalue weighted by Gasteiger charge is -2.13. The van der Waals surface area contributed by atoms with E-state index in [1.165, 1.54) is 0 Å². The van der Waals surface area contributed by atoms with Crippen molar-refractivity contribution in [2.45, 2.75) is 33.2 Å². The van der Waals surface area contributed by atoms with E-state index >= 15 is 0 Å². The molecule has 0 saturated carbocycles. The number of nitrogens with one attached hydrogen (secondary N) is 2. The summed E-state index contributed by atoms with van der Waals surface area (Å²) in [5.41, 5.74) is 1.40. The summed E-state index contributed by atoms with van der Waals surface area (Å²) < 4.78 is 5.43. The molecule has 0 bridgehead atoms. The van der Waals surface area contributed by atoms with Crippen molar-refractivity contribution in [3.63, 3.8) is 0 Å². The van der Waals surface area contributed by atoms with Crippen LogP contribution in [0.5, 0.6) is 0 Å². The molecule has 6 heteroatoms. The number of aromatic nitrogens is 2. The predicted molar refractivity (Wildman–Crippen MR) is 80.9 cm³/mol. The number of para-hydroxylation sites is 1. The van der Waals surface area contributed by atoms with Crippen LogP contribution in [-0.4, -0.2) is 28.7 Å². The molecule has 0 aliphatic rings. The number of aryl methyl sites for hydroxylation is 1. The van der Waals surface area contributed by atoms with Crippen LogP contribution >= 0.6 is 0 Å². The van der Waals surface area contributed by atoms with Crippen molar-refractivity contribution >= 4 is 11.6 Å². The van der Waals surface area contributed by atoms with Crippen molar-refractivity contribution in [2.75, 3.05) is 11.9 Å². The van der Waals surface area contributed by atoms with Crippen LogP contribution in [0.4, 0.5) is 5.69 Å². The van der Waals surface area contributed by atoms with Crippen molar-refractivity contribution in [3.8, 4) is 11.5 Å². The van der Waals surface area contributed by atoms with E-state index in [1.807, 2.05) is 38.1 Å². The molecule has 1 unspecified atom stereocenters. The second-order valence-electron chi connectivity index (χ2n) is 4.88. The second-order valence-corrected chi connectivity index (χ2v) is 4.88. The molecule has 2 N–H and O–H groups in total. The van der Waals surface area contributed by atoms with Gasteiger partial charge in [-0.25, -0.2) is 0 Å². The summed E-state index contributed by atoms with van der Waals surface area (Å²) in [6, 6.07) is 7.52. The van der Waals surface area contributed by atoms with E-state index in [-0.39, 0.29) is 11.9 Å². The lowest BCUT2D eigenvalue weighted by Crippen LogP contribution is -2.30. The Morgan fingerprint density at radius 1 is 1.33 bits per heavy atom. The number of hydrogen-bond donors (Lipinski definition) is 2. The van der Waals surface area contributed by atoms with Crippen LogP contribution in [0.3, 0.4) is 0 Å². The van der Waals surface area contributed by atoms with Gasteiger partial charge in [0.2, 0.25) is 17.7 Å². The molecule has 2 aromatic rings. The molecule has 1 aromatic carbocycles. The first-order valence-electron chi connectivity index (χ1n) is 7.03. The number of nitrogens with zero attached hydrogens (tertiary/aromatic N) is 2. The van der Waals surface area contributed by atoms with Crippen LogP contribution in [0.25, 0.3) is 11.5 Å². The third-order valence-corrected chi connectivity index (χ3v) is 3.00. The molecule has 1 heterocycles. The number of carbonyl (C=O) groups excluding carboxylic acids is 1. The maximum Gasteiger partial charge on any atom is 0.249 e. The van der Waals surface area contributed by atoms with Gasteiger partial charge in [-0.2, -0.15) is 0 Å². The van der Waals surface area contributed by atoms with Crippen LogP contribution in [0.1, 0.15) is 26.2 Å². The summed E-state index contributed by atoms with van der Waals surface area (Å²) in [4.78, 5) is 12.1. The average molecular weight is 288 g/mol. The third-order valence-electron chi connectivity index (χ3n) is 3.00. The van der Waals surface area contributed by atoms with Crippen LogP contribution < -0.4 is 10.6 Å². The highest BCUT2D eigenvalue weighted by atomic mass is 16.4. The van der Waals surface area contributed by atoms with Crippen LogP contribution in [0, 0.1) is 6.92 Å². The number of amides is 1. The second kappa shape index (κ2) is 6.99. The van der Waals surface area contributed by atoms with Crippen LogP contribution in [0.2, 0.25) is 0 Å². The van der Waals surface area contributed by atoms with Crippen LogP contribution in [-0.2, 0) is 4.79 Å². The summed E-state index contributed by atoms with van der Waals surface area (Å²) in [6.45, 7) is 6.57. The fraction of sp³-hybridized carbons (Fsp3) is 0.400. The SMILES string of the molecule is CCNC(C)CC(=O)Nc1ccccc1-c1nnc(C)o1. The monoisotopic (exact) mass is 288 g/mol. The summed E-state index contributed by atoms with van der Waals surface area (Å²) in [6.07, 6.45) is 0.408. The Hall–Kier alpha value is -2.21. The first-order chi connectivity index (χ1) is 10.1. The zero-order valence-corrected chi connectivity index (χ0v) is 12.5. The van der Waals surface area contributed by atoms with Gasteiger partial charge in [0.05, 0.1) is 11.3 Å². The molecule has 2 rings (SSSR count). The summed E-state index contributed by atoms with van der Waals surface area (Å²) in [5, 5.41) is 13.9. The van der Waals surface area contributed by atoms with Gasteiger partial charge >= 0.3 is 0 Å². The van der Waals surface area contributed by atoms with E-state index in [4.69, 9.17) is 4.42 Å². The smallest absolute Gasteiger partial charge is 0.249 e. The van der Waals surface area contributed by atoms with Gasteiger partial charge in [0.1, 0.15) is 0 Å². The molecule has 0 aliphatic carbocycles. The minimum absolute atomic E-state index is 0.0489. The van der Waals surface area contributed by atoms with Crippen molar-refractivity contribution in [2.24, 2.45) is 0 Å². The van der Waals surface area contributed by atoms with Crippen molar-refractivity contribution in [1.82, 2.24) is 15.5 Å². The maximum atomic E-state index is 12.1. The number of benzene rings is 1. The van der Waals surface area contributed by atoms with Crippen LogP contribution in [0.15, 0.2) is 28.7 Å². The van der Waals surface area contributed by atoms with Gasteiger partial charge in [0.25, 0.3) is 0 Å². The van der Waals surface area contributed by atoms with Gasteiger partial charge in [0, 0.05) is 19.4 Å². The molecule has 0 radical (unpaired) electrons. The summed E-state index contributed by atoms with van der Waals surface area (Å²) in [7, 11) is 0. The Balaban J connectivity index is 2.12. The molecule has 0 fully saturated rings. The molecule has 0 spiro atoms. The first-order valence-corrected chi connectivity index (χ1v) is 7.03. The van der Waals surface area contributed by atoms with Gasteiger partial charge in [-0.3, -0.25) is 4.79 Å². The largest absolute Gasteiger partial charge is 0.421 e. The molecule has 6 nitrogen and oxygen atoms in total. The summed E-state index contributed by atoms with van der Waals surface area (Å²) >= 11 is 0. The Morgan fingerprint density at radius 3 is 2.76 bits per heavy atom. The first kappa shape index (κ1) is 15.2. The highest BCUT2D eigenvalue weighted by Gasteiger charge is 2.14. The predicted octanol–water partition coefficient (Wildman–Crippen LogP) is 2.37. The molecular weight excluding hydrogens is 268 g/mol. The van der Waals surface area contributed by atoms with E-state index in [2.05, 4.69) is 20.8 Å². The number of anilines is 1. The van der Waals surface area contributed by atoms with Gasteiger partial charge in [0.15, 0.2) is 0 Å². The van der Waals surface area contributed by atoms with E-state index in [0.717, 1.165) is 12.1 Å². The van der Waals surface area contributed by atoms with Gasteiger partial charge in [-0.05, 0) is 25.6 Å². The Morgan fingerprint density at radius 2 is 2.10 bits per heavy atom. The Bertz CT molecular complexity index is 609. The topological polar surface area (TPSA) is 80.0 Å². The van der Waals surface area contributed by atoms with E-state index in [9.17, 15) is 4.79 Å². The lowest BCUT2D eigenvalue weighted by atomic mass is 10.1. The number of carbonyl (C=O) groups is 1. The van der Waals surface area contributed by atoms with Gasteiger partial charge in [-0.15, -0.1) is 10.2 Å². The average Bonchev–Trinajstić information content (AvgIpc) is 2.86. The fourth-order valence-corrected chi connectivity index (χ4v) is 2.08. The molecule has 1 atom stereocenters. The molecule has 112 valence electrons. The molecule has 21 heavy (non-hydrogen) atoms. The van der Waals surface area contributed by atoms with E-state index in [1.54, 1.807) is 6.92 Å². The highest BCUT2D eigenvalue weighted by molar-refractivity contribution is 5.94. The normalized spacial score (nSPS) is 12.1. The number of hydrogen-bond acceptors (Lipinski definition) is 5. The zero-order chi connectivity index (χ0) is 15.2. The summed E-state index contributed by atoms with van der Waals surface area (Å²) in [5.74, 6) is 0.849. The maximum absolute atomic E-state index is 12.1. The lowest BCUT2D eigenvalue weighted by molar-refractivity contribution is -0.116. The number of rotatable bonds is 6. The molecule has 0 saturated heterocycles. The van der Waals surface area contributed by atoms with E-state index < -0.39 is 0 Å². The molecule has 0 aliphatic heterocycles. The highest BCUT2D eigenvalue weighted by Crippen LogP contribution is 2.26. The minimum atomic E-state index is -0.0489. The van der Waals surface area contributed by atoms with Crippen molar-refractivity contribution in [3.05, 3.63) is 30.2 Å². The molecule has 1 aromatic heterocycles. The molecular formula is C15H20N4O2. The Kier molecular flexibility index (Phi) is 5.05. The standard InChI is InChI=1S/C15H20N4O2/c1-4-16-10(2)9-14(20)17-13-8-6-5-7-12(13)15-19-18-11(3)21-15/h5-8,10,16H,4,9H2,1-3H3,(H,17,20). The quantitative estimate of drug-likeness (QED) is 0.853. The van der Waals surface area contributed by atoms with Crippen molar-refractivity contribution in [1.29, 1.82) is 0 Å². The van der Waals surface area contributed by atoms with E-state index in [0.29, 0.717) is 23.9 Å². The van der Waals surface area contributed by atoms with Crippen molar-refractivity contribution < 1.29 is 9.21 Å². The fourth-order valence-electron chi connectivity index (χ4n) is 2.08. The van der Waals surface area contributed by atoms with Gasteiger partial charge < -0.3 is 15.1 Å².